The number of allylic oxidation sites excluding steroid dienone is 1. The van der Waals surface area contributed by atoms with E-state index in [0.717, 1.165) is 24.7 Å². The summed E-state index contributed by atoms with van der Waals surface area (Å²) < 4.78 is 0. The van der Waals surface area contributed by atoms with Gasteiger partial charge in [-0.2, -0.15) is 0 Å². The summed E-state index contributed by atoms with van der Waals surface area (Å²) in [6, 6.07) is 0. The predicted molar refractivity (Wildman–Crippen MR) is 59.1 cm³/mol. The van der Waals surface area contributed by atoms with Gasteiger partial charge in [-0.25, -0.2) is 0 Å². The molecule has 0 amide bonds. The molecule has 0 aliphatic heterocycles. The fourth-order valence-electron chi connectivity index (χ4n) is 2.85. The lowest BCUT2D eigenvalue weighted by Crippen LogP contribution is -2.12. The Morgan fingerprint density at radius 1 is 1.21 bits per heavy atom. The molecule has 1 nitrogen and oxygen atoms in total. The monoisotopic (exact) mass is 194 g/mol. The average Bonchev–Trinajstić information content (AvgIpc) is 2.56. The van der Waals surface area contributed by atoms with Crippen molar-refractivity contribution in [2.75, 3.05) is 0 Å². The lowest BCUT2D eigenvalue weighted by atomic mass is 9.80. The van der Waals surface area contributed by atoms with Gasteiger partial charge in [0.25, 0.3) is 0 Å². The Morgan fingerprint density at radius 3 is 2.50 bits per heavy atom. The zero-order valence-electron chi connectivity index (χ0n) is 9.21. The third kappa shape index (κ3) is 2.60. The topological polar surface area (TPSA) is 20.2 Å². The molecule has 1 atom stereocenters. The van der Waals surface area contributed by atoms with Gasteiger partial charge in [0.1, 0.15) is 0 Å². The Hall–Kier alpha value is -0.300. The quantitative estimate of drug-likeness (QED) is 0.669. The van der Waals surface area contributed by atoms with E-state index in [1.165, 1.54) is 37.7 Å². The molecular weight excluding hydrogens is 172 g/mol. The molecule has 2 aliphatic rings. The van der Waals surface area contributed by atoms with Crippen molar-refractivity contribution in [2.24, 2.45) is 11.8 Å². The van der Waals surface area contributed by atoms with Crippen LogP contribution in [0.3, 0.4) is 0 Å². The van der Waals surface area contributed by atoms with Crippen molar-refractivity contribution in [1.29, 1.82) is 0 Å². The molecule has 1 fully saturated rings. The first kappa shape index (κ1) is 10.2. The predicted octanol–water partition coefficient (Wildman–Crippen LogP) is 3.28. The summed E-state index contributed by atoms with van der Waals surface area (Å²) in [5.74, 6) is 1.87. The summed E-state index contributed by atoms with van der Waals surface area (Å²) in [6.45, 7) is 2.37. The van der Waals surface area contributed by atoms with Gasteiger partial charge in [-0.15, -0.1) is 0 Å². The lowest BCUT2D eigenvalue weighted by Gasteiger charge is -2.26. The molecule has 14 heavy (non-hydrogen) atoms. The first-order valence-corrected chi connectivity index (χ1v) is 6.11. The smallest absolute Gasteiger partial charge is 0.0726 e. The molecular formula is C13H22O. The standard InChI is InChI=1S/C13H22O/c1-10-2-4-11(5-3-10)8-12-6-7-13(14)9-12/h9-11,13-14H,2-8H2,1H3. The Balaban J connectivity index is 1.78. The SMILES string of the molecule is CC1CCC(CC2=CC(O)CC2)CC1. The van der Waals surface area contributed by atoms with Gasteiger partial charge in [0.2, 0.25) is 0 Å². The highest BCUT2D eigenvalue weighted by molar-refractivity contribution is 5.12. The molecule has 0 bridgehead atoms. The van der Waals surface area contributed by atoms with Crippen LogP contribution in [-0.4, -0.2) is 11.2 Å². The van der Waals surface area contributed by atoms with Gasteiger partial charge in [-0.3, -0.25) is 0 Å². The Bertz CT molecular complexity index is 211. The van der Waals surface area contributed by atoms with Crippen molar-refractivity contribution in [1.82, 2.24) is 0 Å². The maximum absolute atomic E-state index is 9.39. The fraction of sp³-hybridized carbons (Fsp3) is 0.846. The summed E-state index contributed by atoms with van der Waals surface area (Å²) >= 11 is 0. The second-order valence-electron chi connectivity index (χ2n) is 5.26. The van der Waals surface area contributed by atoms with Crippen LogP contribution in [0.4, 0.5) is 0 Å². The fourth-order valence-corrected chi connectivity index (χ4v) is 2.85. The van der Waals surface area contributed by atoms with Crippen LogP contribution in [0.15, 0.2) is 11.6 Å². The zero-order chi connectivity index (χ0) is 9.97. The van der Waals surface area contributed by atoms with Crippen molar-refractivity contribution in [3.05, 3.63) is 11.6 Å². The molecule has 1 saturated carbocycles. The van der Waals surface area contributed by atoms with Crippen LogP contribution in [0, 0.1) is 11.8 Å². The van der Waals surface area contributed by atoms with Gasteiger partial charge in [0.05, 0.1) is 6.10 Å². The Labute approximate surface area is 87.2 Å². The normalized spacial score (nSPS) is 38.4. The minimum absolute atomic E-state index is 0.132. The molecule has 2 aliphatic carbocycles. The summed E-state index contributed by atoms with van der Waals surface area (Å²) in [7, 11) is 0. The molecule has 0 spiro atoms. The molecule has 1 unspecified atom stereocenters. The van der Waals surface area contributed by atoms with E-state index in [9.17, 15) is 5.11 Å². The van der Waals surface area contributed by atoms with Gasteiger partial charge >= 0.3 is 0 Å². The van der Waals surface area contributed by atoms with Crippen molar-refractivity contribution in [3.63, 3.8) is 0 Å². The number of aliphatic hydroxyl groups excluding tert-OH is 1. The maximum Gasteiger partial charge on any atom is 0.0726 e. The molecule has 2 rings (SSSR count). The molecule has 0 aromatic rings. The van der Waals surface area contributed by atoms with E-state index < -0.39 is 0 Å². The second kappa shape index (κ2) is 4.48. The van der Waals surface area contributed by atoms with Crippen LogP contribution in [0.1, 0.15) is 51.9 Å². The molecule has 0 heterocycles. The van der Waals surface area contributed by atoms with Crippen molar-refractivity contribution < 1.29 is 5.11 Å². The van der Waals surface area contributed by atoms with Crippen molar-refractivity contribution in [3.8, 4) is 0 Å². The van der Waals surface area contributed by atoms with E-state index in [2.05, 4.69) is 13.0 Å². The molecule has 0 saturated heterocycles. The molecule has 80 valence electrons. The van der Waals surface area contributed by atoms with Crippen LogP contribution in [0.5, 0.6) is 0 Å². The third-order valence-corrected chi connectivity index (χ3v) is 3.88. The number of rotatable bonds is 2. The first-order valence-electron chi connectivity index (χ1n) is 6.11. The molecule has 0 aromatic heterocycles. The van der Waals surface area contributed by atoms with E-state index in [1.54, 1.807) is 0 Å². The minimum atomic E-state index is -0.132. The van der Waals surface area contributed by atoms with E-state index in [-0.39, 0.29) is 6.10 Å². The van der Waals surface area contributed by atoms with Gasteiger partial charge in [-0.1, -0.05) is 31.4 Å². The Kier molecular flexibility index (Phi) is 3.27. The maximum atomic E-state index is 9.39. The summed E-state index contributed by atoms with van der Waals surface area (Å²) in [5.41, 5.74) is 1.53. The largest absolute Gasteiger partial charge is 0.389 e. The van der Waals surface area contributed by atoms with Crippen LogP contribution in [0.25, 0.3) is 0 Å². The van der Waals surface area contributed by atoms with Crippen molar-refractivity contribution >= 4 is 0 Å². The Morgan fingerprint density at radius 2 is 1.93 bits per heavy atom. The van der Waals surface area contributed by atoms with Gasteiger partial charge < -0.3 is 5.11 Å². The van der Waals surface area contributed by atoms with Gasteiger partial charge in [-0.05, 0) is 43.9 Å². The third-order valence-electron chi connectivity index (χ3n) is 3.88. The van der Waals surface area contributed by atoms with Crippen LogP contribution >= 0.6 is 0 Å². The van der Waals surface area contributed by atoms with Crippen LogP contribution < -0.4 is 0 Å². The van der Waals surface area contributed by atoms with Crippen LogP contribution in [-0.2, 0) is 0 Å². The highest BCUT2D eigenvalue weighted by atomic mass is 16.3. The number of hydrogen-bond donors (Lipinski definition) is 1. The summed E-state index contributed by atoms with van der Waals surface area (Å²) in [5, 5.41) is 9.39. The number of aliphatic hydroxyl groups is 1. The zero-order valence-corrected chi connectivity index (χ0v) is 9.21. The summed E-state index contributed by atoms with van der Waals surface area (Å²) in [6.07, 6.45) is 11.0. The highest BCUT2D eigenvalue weighted by Crippen LogP contribution is 2.34. The second-order valence-corrected chi connectivity index (χ2v) is 5.26. The molecule has 0 radical (unpaired) electrons. The van der Waals surface area contributed by atoms with E-state index in [0.29, 0.717) is 0 Å². The molecule has 1 N–H and O–H groups in total. The van der Waals surface area contributed by atoms with Crippen molar-refractivity contribution in [2.45, 2.75) is 58.0 Å². The average molecular weight is 194 g/mol. The minimum Gasteiger partial charge on any atom is -0.389 e. The van der Waals surface area contributed by atoms with Gasteiger partial charge in [0, 0.05) is 0 Å². The van der Waals surface area contributed by atoms with E-state index in [4.69, 9.17) is 0 Å². The summed E-state index contributed by atoms with van der Waals surface area (Å²) in [4.78, 5) is 0. The molecule has 1 heteroatoms. The molecule has 0 aromatic carbocycles. The van der Waals surface area contributed by atoms with Gasteiger partial charge in [0.15, 0.2) is 0 Å². The van der Waals surface area contributed by atoms with E-state index >= 15 is 0 Å². The highest BCUT2D eigenvalue weighted by Gasteiger charge is 2.21. The van der Waals surface area contributed by atoms with Crippen LogP contribution in [0.2, 0.25) is 0 Å². The number of hydrogen-bond acceptors (Lipinski definition) is 1. The van der Waals surface area contributed by atoms with E-state index in [1.807, 2.05) is 0 Å². The lowest BCUT2D eigenvalue weighted by molar-refractivity contribution is 0.223. The first-order chi connectivity index (χ1) is 6.74.